The molecule has 1 N–H and O–H groups in total. The van der Waals surface area contributed by atoms with Crippen LogP contribution in [-0.4, -0.2) is 75.6 Å². The molecule has 9 heteroatoms. The Balaban J connectivity index is 4.36. The van der Waals surface area contributed by atoms with Crippen molar-refractivity contribution in [3.63, 3.8) is 0 Å². The highest BCUT2D eigenvalue weighted by atomic mass is 31.2. The molecule has 0 aromatic rings. The summed E-state index contributed by atoms with van der Waals surface area (Å²) in [5.74, 6) is -0.364. The third-order valence-corrected chi connectivity index (χ3v) is 10.1. The van der Waals surface area contributed by atoms with Gasteiger partial charge in [0.1, 0.15) is 19.3 Å². The van der Waals surface area contributed by atoms with Crippen molar-refractivity contribution in [1.82, 2.24) is 0 Å². The molecule has 0 rings (SSSR count). The number of quaternary nitrogens is 1. The Morgan fingerprint density at radius 1 is 0.542 bits per heavy atom. The number of rotatable bonds is 41. The van der Waals surface area contributed by atoms with Gasteiger partial charge in [-0.05, 0) is 96.3 Å². The third-order valence-electron chi connectivity index (χ3n) is 9.13. The molecule has 59 heavy (non-hydrogen) atoms. The van der Waals surface area contributed by atoms with Gasteiger partial charge in [0.15, 0.2) is 0 Å². The molecule has 0 radical (unpaired) electrons. The number of phosphoric ester groups is 1. The lowest BCUT2D eigenvalue weighted by Gasteiger charge is -2.24. The minimum Gasteiger partial charge on any atom is -0.457 e. The second kappa shape index (κ2) is 42.1. The monoisotopic (exact) mass is 845 g/mol. The van der Waals surface area contributed by atoms with E-state index >= 15 is 0 Å². The van der Waals surface area contributed by atoms with Crippen molar-refractivity contribution >= 4 is 13.8 Å². The highest BCUT2D eigenvalue weighted by molar-refractivity contribution is 7.47. The van der Waals surface area contributed by atoms with Crippen LogP contribution in [0.1, 0.15) is 155 Å². The summed E-state index contributed by atoms with van der Waals surface area (Å²) in [5, 5.41) is 0. The molecule has 0 bridgehead atoms. The number of likely N-dealkylation sites (N-methyl/N-ethyl adjacent to an activating group) is 1. The van der Waals surface area contributed by atoms with Crippen LogP contribution in [0.15, 0.2) is 97.2 Å². The normalized spacial score (nSPS) is 14.6. The molecule has 0 aliphatic heterocycles. The summed E-state index contributed by atoms with van der Waals surface area (Å²) in [4.78, 5) is 22.9. The maximum absolute atomic E-state index is 12.7. The van der Waals surface area contributed by atoms with Gasteiger partial charge in [0.25, 0.3) is 0 Å². The zero-order chi connectivity index (χ0) is 43.4. The van der Waals surface area contributed by atoms with Crippen LogP contribution in [0.5, 0.6) is 0 Å². The summed E-state index contributed by atoms with van der Waals surface area (Å²) in [7, 11) is 1.61. The maximum atomic E-state index is 12.7. The van der Waals surface area contributed by atoms with Gasteiger partial charge in [-0.2, -0.15) is 0 Å². The van der Waals surface area contributed by atoms with E-state index in [1.165, 1.54) is 44.9 Å². The Morgan fingerprint density at radius 3 is 1.47 bits per heavy atom. The molecule has 2 atom stereocenters. The average molecular weight is 845 g/mol. The Kier molecular flexibility index (Phi) is 40.3. The van der Waals surface area contributed by atoms with E-state index in [0.29, 0.717) is 24.1 Å². The van der Waals surface area contributed by atoms with Crippen LogP contribution in [-0.2, 0) is 27.9 Å². The summed E-state index contributed by atoms with van der Waals surface area (Å²) in [5.41, 5.74) is 0. The summed E-state index contributed by atoms with van der Waals surface area (Å²) >= 11 is 0. The Labute approximate surface area is 362 Å². The van der Waals surface area contributed by atoms with Crippen molar-refractivity contribution in [2.75, 3.05) is 54.1 Å². The number of unbranched alkanes of at least 4 members (excludes halogenated alkanes) is 11. The summed E-state index contributed by atoms with van der Waals surface area (Å²) in [6.45, 7) is 5.37. The Hall–Kier alpha value is -2.58. The number of carbonyl (C=O) groups is 1. The van der Waals surface area contributed by atoms with E-state index in [-0.39, 0.29) is 32.2 Å². The second-order valence-corrected chi connectivity index (χ2v) is 17.5. The summed E-state index contributed by atoms with van der Waals surface area (Å²) < 4.78 is 35.0. The predicted octanol–water partition coefficient (Wildman–Crippen LogP) is 13.8. The molecule has 2 unspecified atom stereocenters. The molecule has 0 amide bonds. The molecule has 0 saturated carbocycles. The van der Waals surface area contributed by atoms with Gasteiger partial charge in [-0.25, -0.2) is 4.57 Å². The molecule has 0 aliphatic rings. The van der Waals surface area contributed by atoms with E-state index in [9.17, 15) is 14.3 Å². The average Bonchev–Trinajstić information content (AvgIpc) is 3.19. The molecule has 0 aliphatic carbocycles. The SMILES string of the molecule is CC/C=C\C/C=C\C/C=C\C/C=C\C/C=C\C/C=C\CCCCC(=O)OC(COCCCCCCCC/C=C\C/C=C\CCCCC)COP(=O)(O)OCC[N+](C)(C)C. The number of carbonyl (C=O) groups excluding carboxylic acids is 1. The van der Waals surface area contributed by atoms with Gasteiger partial charge >= 0.3 is 13.8 Å². The molecular weight excluding hydrogens is 758 g/mol. The van der Waals surface area contributed by atoms with Gasteiger partial charge in [0.2, 0.25) is 0 Å². The smallest absolute Gasteiger partial charge is 0.457 e. The molecular formula is C50H87NO7P+. The number of ether oxygens (including phenoxy) is 2. The van der Waals surface area contributed by atoms with E-state index in [4.69, 9.17) is 18.5 Å². The molecule has 0 aromatic heterocycles. The molecule has 0 spiro atoms. The third kappa shape index (κ3) is 46.3. The van der Waals surface area contributed by atoms with Crippen molar-refractivity contribution in [3.05, 3.63) is 97.2 Å². The van der Waals surface area contributed by atoms with Crippen LogP contribution in [0.4, 0.5) is 0 Å². The molecule has 8 nitrogen and oxygen atoms in total. The number of allylic oxidation sites excluding steroid dienone is 16. The van der Waals surface area contributed by atoms with Gasteiger partial charge in [0, 0.05) is 13.0 Å². The van der Waals surface area contributed by atoms with Gasteiger partial charge in [-0.15, -0.1) is 0 Å². The fraction of sp³-hybridized carbons (Fsp3) is 0.660. The van der Waals surface area contributed by atoms with E-state index in [0.717, 1.165) is 83.5 Å². The first-order chi connectivity index (χ1) is 28.6. The summed E-state index contributed by atoms with van der Waals surface area (Å²) in [6.07, 6.45) is 57.3. The lowest BCUT2D eigenvalue weighted by atomic mass is 10.1. The lowest BCUT2D eigenvalue weighted by Crippen LogP contribution is -2.37. The quantitative estimate of drug-likeness (QED) is 0.0215. The fourth-order valence-electron chi connectivity index (χ4n) is 5.58. The highest BCUT2D eigenvalue weighted by Gasteiger charge is 2.26. The maximum Gasteiger partial charge on any atom is 0.472 e. The molecule has 338 valence electrons. The van der Waals surface area contributed by atoms with Gasteiger partial charge in [-0.3, -0.25) is 13.8 Å². The molecule has 0 aromatic carbocycles. The van der Waals surface area contributed by atoms with Gasteiger partial charge in [0.05, 0.1) is 34.4 Å². The van der Waals surface area contributed by atoms with E-state index in [1.54, 1.807) is 0 Å². The van der Waals surface area contributed by atoms with Crippen LogP contribution >= 0.6 is 7.82 Å². The fourth-order valence-corrected chi connectivity index (χ4v) is 6.33. The van der Waals surface area contributed by atoms with Crippen molar-refractivity contribution in [1.29, 1.82) is 0 Å². The van der Waals surface area contributed by atoms with Crippen molar-refractivity contribution in [3.8, 4) is 0 Å². The number of hydrogen-bond donors (Lipinski definition) is 1. The summed E-state index contributed by atoms with van der Waals surface area (Å²) in [6, 6.07) is 0. The number of esters is 1. The minimum atomic E-state index is -4.30. The second-order valence-electron chi connectivity index (χ2n) is 16.0. The van der Waals surface area contributed by atoms with Gasteiger partial charge in [-0.1, -0.05) is 150 Å². The first-order valence-electron chi connectivity index (χ1n) is 23.0. The first kappa shape index (κ1) is 56.4. The van der Waals surface area contributed by atoms with Crippen LogP contribution in [0.2, 0.25) is 0 Å². The van der Waals surface area contributed by atoms with Crippen LogP contribution < -0.4 is 0 Å². The van der Waals surface area contributed by atoms with Crippen LogP contribution in [0, 0.1) is 0 Å². The predicted molar refractivity (Wildman–Crippen MR) is 251 cm³/mol. The first-order valence-corrected chi connectivity index (χ1v) is 24.5. The zero-order valence-electron chi connectivity index (χ0n) is 38.2. The Bertz CT molecular complexity index is 1260. The van der Waals surface area contributed by atoms with Crippen molar-refractivity contribution in [2.45, 2.75) is 161 Å². The highest BCUT2D eigenvalue weighted by Crippen LogP contribution is 2.43. The largest absolute Gasteiger partial charge is 0.472 e. The number of phosphoric acid groups is 1. The number of hydrogen-bond acceptors (Lipinski definition) is 6. The van der Waals surface area contributed by atoms with Crippen molar-refractivity contribution < 1.29 is 37.3 Å². The molecule has 0 fully saturated rings. The van der Waals surface area contributed by atoms with Crippen molar-refractivity contribution in [2.24, 2.45) is 0 Å². The van der Waals surface area contributed by atoms with Gasteiger partial charge < -0.3 is 18.9 Å². The van der Waals surface area contributed by atoms with E-state index < -0.39 is 13.9 Å². The standard InChI is InChI=1S/C50H86NO7P/c1-6-8-10-12-14-16-18-20-22-24-25-26-27-28-29-31-33-35-37-39-41-43-50(52)58-49(48-57-59(53,54)56-46-44-51(3,4)5)47-55-45-42-40-38-36-34-32-30-23-21-19-17-15-13-11-9-7-2/h8,10,14-17,20-23,25-26,28-29,33,35,49H,6-7,9,11-13,18-19,24,27,30-32,34,36-48H2,1-5H3/p+1/b10-8-,16-14-,17-15-,22-20-,23-21-,26-25-,29-28-,35-33-. The lowest BCUT2D eigenvalue weighted by molar-refractivity contribution is -0.870. The topological polar surface area (TPSA) is 91.3 Å². The zero-order valence-corrected chi connectivity index (χ0v) is 39.1. The van der Waals surface area contributed by atoms with Crippen LogP contribution in [0.25, 0.3) is 0 Å². The Morgan fingerprint density at radius 2 is 0.983 bits per heavy atom. The number of nitrogens with zero attached hydrogens (tertiary/aromatic N) is 1. The molecule has 0 heterocycles. The van der Waals surface area contributed by atoms with E-state index in [2.05, 4.69) is 111 Å². The molecule has 0 saturated heterocycles. The van der Waals surface area contributed by atoms with E-state index in [1.807, 2.05) is 21.1 Å². The minimum absolute atomic E-state index is 0.0720. The van der Waals surface area contributed by atoms with Crippen LogP contribution in [0.3, 0.4) is 0 Å².